The molecule has 1 aromatic heterocycles. The number of nitrogens with one attached hydrogen (secondary N) is 1. The highest BCUT2D eigenvalue weighted by Gasteiger charge is 2.42. The molecule has 3 atom stereocenters. The Labute approximate surface area is 118 Å². The predicted octanol–water partition coefficient (Wildman–Crippen LogP) is 1.23. The second kappa shape index (κ2) is 5.44. The molecular formula is C13H22N4OS. The molecule has 0 aliphatic carbocycles. The van der Waals surface area contributed by atoms with Gasteiger partial charge in [-0.15, -0.1) is 0 Å². The summed E-state index contributed by atoms with van der Waals surface area (Å²) in [5.41, 5.74) is 4.27. The molecule has 5 nitrogen and oxygen atoms in total. The van der Waals surface area contributed by atoms with E-state index in [1.54, 1.807) is 0 Å². The third kappa shape index (κ3) is 2.67. The third-order valence-corrected chi connectivity index (χ3v) is 5.56. The minimum atomic E-state index is 0.102. The van der Waals surface area contributed by atoms with Crippen molar-refractivity contribution in [3.05, 3.63) is 18.0 Å². The maximum Gasteiger partial charge on any atom is 0.0783 e. The van der Waals surface area contributed by atoms with Gasteiger partial charge in [-0.1, -0.05) is 0 Å². The number of ether oxygens (including phenoxy) is 1. The Morgan fingerprint density at radius 3 is 3.21 bits per heavy atom. The van der Waals surface area contributed by atoms with Crippen molar-refractivity contribution in [1.82, 2.24) is 15.2 Å². The van der Waals surface area contributed by atoms with Gasteiger partial charge in [0.1, 0.15) is 0 Å². The molecular weight excluding hydrogens is 260 g/mol. The monoisotopic (exact) mass is 282 g/mol. The molecule has 0 saturated carbocycles. The quantitative estimate of drug-likeness (QED) is 0.645. The average molecular weight is 282 g/mol. The fourth-order valence-electron chi connectivity index (χ4n) is 3.32. The van der Waals surface area contributed by atoms with E-state index in [1.807, 2.05) is 29.7 Å². The summed E-state index contributed by atoms with van der Waals surface area (Å²) >= 11 is 2.01. The smallest absolute Gasteiger partial charge is 0.0783 e. The zero-order valence-electron chi connectivity index (χ0n) is 11.3. The first-order valence-electron chi connectivity index (χ1n) is 6.89. The number of hydrazine groups is 1. The highest BCUT2D eigenvalue weighted by Crippen LogP contribution is 2.43. The molecule has 3 rings (SSSR count). The molecule has 1 spiro atoms. The van der Waals surface area contributed by atoms with E-state index in [0.29, 0.717) is 5.92 Å². The number of hydrogen-bond acceptors (Lipinski definition) is 5. The summed E-state index contributed by atoms with van der Waals surface area (Å²) in [6.07, 6.45) is 7.31. The molecule has 1 aromatic rings. The lowest BCUT2D eigenvalue weighted by Gasteiger charge is -2.40. The molecule has 0 aromatic carbocycles. The summed E-state index contributed by atoms with van der Waals surface area (Å²) in [5.74, 6) is 8.68. The van der Waals surface area contributed by atoms with Crippen molar-refractivity contribution >= 4 is 11.8 Å². The highest BCUT2D eigenvalue weighted by molar-refractivity contribution is 7.99. The lowest BCUT2D eigenvalue weighted by atomic mass is 9.80. The van der Waals surface area contributed by atoms with E-state index in [2.05, 4.69) is 16.7 Å². The Balaban J connectivity index is 1.76. The Morgan fingerprint density at radius 1 is 1.68 bits per heavy atom. The summed E-state index contributed by atoms with van der Waals surface area (Å²) in [4.78, 5) is 0. The van der Waals surface area contributed by atoms with Crippen molar-refractivity contribution in [2.24, 2.45) is 18.8 Å². The van der Waals surface area contributed by atoms with Crippen LogP contribution in [-0.2, 0) is 11.8 Å². The van der Waals surface area contributed by atoms with Gasteiger partial charge in [-0.05, 0) is 30.9 Å². The van der Waals surface area contributed by atoms with Gasteiger partial charge in [0.2, 0.25) is 0 Å². The zero-order valence-corrected chi connectivity index (χ0v) is 12.2. The molecule has 2 saturated heterocycles. The number of nitrogens with two attached hydrogens (primary N) is 1. The molecule has 0 bridgehead atoms. The molecule has 2 aliphatic rings. The molecule has 106 valence electrons. The SMILES string of the molecule is Cn1cc(C(NN)C2CCOC3(CCSC3)C2)cn1. The zero-order chi connectivity index (χ0) is 13.3. The Bertz CT molecular complexity index is 430. The Kier molecular flexibility index (Phi) is 3.84. The van der Waals surface area contributed by atoms with Crippen molar-refractivity contribution in [2.75, 3.05) is 18.1 Å². The van der Waals surface area contributed by atoms with Gasteiger partial charge in [0.15, 0.2) is 0 Å². The number of rotatable bonds is 3. The second-order valence-corrected chi connectivity index (χ2v) is 6.78. The minimum absolute atomic E-state index is 0.102. The van der Waals surface area contributed by atoms with Crippen LogP contribution in [0.2, 0.25) is 0 Å². The first-order valence-corrected chi connectivity index (χ1v) is 8.04. The Hall–Kier alpha value is -0.560. The predicted molar refractivity (Wildman–Crippen MR) is 76.6 cm³/mol. The van der Waals surface area contributed by atoms with E-state index in [1.165, 1.54) is 17.7 Å². The minimum Gasteiger partial charge on any atom is -0.374 e. The average Bonchev–Trinajstić information content (AvgIpc) is 3.01. The fraction of sp³-hybridized carbons (Fsp3) is 0.769. The van der Waals surface area contributed by atoms with E-state index in [-0.39, 0.29) is 11.6 Å². The van der Waals surface area contributed by atoms with Crippen molar-refractivity contribution < 1.29 is 4.74 Å². The number of nitrogens with zero attached hydrogens (tertiary/aromatic N) is 2. The van der Waals surface area contributed by atoms with Crippen molar-refractivity contribution in [3.8, 4) is 0 Å². The van der Waals surface area contributed by atoms with Crippen LogP contribution in [0.5, 0.6) is 0 Å². The molecule has 6 heteroatoms. The molecule has 19 heavy (non-hydrogen) atoms. The second-order valence-electron chi connectivity index (χ2n) is 5.68. The van der Waals surface area contributed by atoms with Gasteiger partial charge in [0.05, 0.1) is 17.8 Å². The van der Waals surface area contributed by atoms with E-state index < -0.39 is 0 Å². The topological polar surface area (TPSA) is 65.1 Å². The van der Waals surface area contributed by atoms with Crippen LogP contribution in [0.15, 0.2) is 12.4 Å². The lowest BCUT2D eigenvalue weighted by Crippen LogP contribution is -2.45. The lowest BCUT2D eigenvalue weighted by molar-refractivity contribution is -0.0854. The van der Waals surface area contributed by atoms with Crippen molar-refractivity contribution in [3.63, 3.8) is 0 Å². The Morgan fingerprint density at radius 2 is 2.58 bits per heavy atom. The van der Waals surface area contributed by atoms with E-state index in [9.17, 15) is 0 Å². The van der Waals surface area contributed by atoms with Gasteiger partial charge in [0, 0.05) is 31.2 Å². The summed E-state index contributed by atoms with van der Waals surface area (Å²) in [7, 11) is 1.94. The van der Waals surface area contributed by atoms with Crippen LogP contribution in [0.25, 0.3) is 0 Å². The number of aromatic nitrogens is 2. The molecule has 2 aliphatic heterocycles. The maximum absolute atomic E-state index is 6.08. The largest absolute Gasteiger partial charge is 0.374 e. The van der Waals surface area contributed by atoms with Crippen LogP contribution in [0.4, 0.5) is 0 Å². The molecule has 2 fully saturated rings. The number of aryl methyl sites for hydroxylation is 1. The molecule has 0 amide bonds. The molecule has 3 heterocycles. The van der Waals surface area contributed by atoms with E-state index in [0.717, 1.165) is 25.2 Å². The van der Waals surface area contributed by atoms with Gasteiger partial charge in [0.25, 0.3) is 0 Å². The first-order chi connectivity index (χ1) is 9.22. The summed E-state index contributed by atoms with van der Waals surface area (Å²) < 4.78 is 7.92. The number of thioether (sulfide) groups is 1. The van der Waals surface area contributed by atoms with Crippen LogP contribution in [0.3, 0.4) is 0 Å². The molecule has 3 N–H and O–H groups in total. The molecule has 3 unspecified atom stereocenters. The number of hydrogen-bond donors (Lipinski definition) is 2. The van der Waals surface area contributed by atoms with Gasteiger partial charge in [-0.2, -0.15) is 16.9 Å². The molecule has 0 radical (unpaired) electrons. The van der Waals surface area contributed by atoms with Crippen molar-refractivity contribution in [2.45, 2.75) is 30.9 Å². The first kappa shape index (κ1) is 13.4. The van der Waals surface area contributed by atoms with Gasteiger partial charge in [-0.25, -0.2) is 0 Å². The fourth-order valence-corrected chi connectivity index (χ4v) is 4.70. The van der Waals surface area contributed by atoms with Crippen LogP contribution < -0.4 is 11.3 Å². The van der Waals surface area contributed by atoms with Gasteiger partial charge < -0.3 is 4.74 Å². The van der Waals surface area contributed by atoms with E-state index >= 15 is 0 Å². The maximum atomic E-state index is 6.08. The normalized spacial score (nSPS) is 32.8. The summed E-state index contributed by atoms with van der Waals surface area (Å²) in [5, 5.41) is 4.26. The van der Waals surface area contributed by atoms with Gasteiger partial charge >= 0.3 is 0 Å². The van der Waals surface area contributed by atoms with Gasteiger partial charge in [-0.3, -0.25) is 16.0 Å². The third-order valence-electron chi connectivity index (χ3n) is 4.33. The van der Waals surface area contributed by atoms with Crippen LogP contribution in [0, 0.1) is 5.92 Å². The standard InChI is InChI=1S/C13H22N4OS/c1-17-8-11(7-15-17)12(16-14)10-2-4-18-13(6-10)3-5-19-9-13/h7-8,10,12,16H,2-6,9,14H2,1H3. The van der Waals surface area contributed by atoms with Crippen LogP contribution in [-0.4, -0.2) is 33.5 Å². The summed E-state index contributed by atoms with van der Waals surface area (Å²) in [6.45, 7) is 0.851. The summed E-state index contributed by atoms with van der Waals surface area (Å²) in [6, 6.07) is 0.181. The highest BCUT2D eigenvalue weighted by atomic mass is 32.2. The van der Waals surface area contributed by atoms with Crippen LogP contribution >= 0.6 is 11.8 Å². The van der Waals surface area contributed by atoms with Crippen LogP contribution in [0.1, 0.15) is 30.9 Å². The van der Waals surface area contributed by atoms with E-state index in [4.69, 9.17) is 10.6 Å². The van der Waals surface area contributed by atoms with Crippen molar-refractivity contribution in [1.29, 1.82) is 0 Å².